The van der Waals surface area contributed by atoms with Gasteiger partial charge >= 0.3 is 6.03 Å². The Morgan fingerprint density at radius 3 is 3.22 bits per heavy atom. The van der Waals surface area contributed by atoms with Gasteiger partial charge in [0.15, 0.2) is 0 Å². The zero-order valence-corrected chi connectivity index (χ0v) is 10.6. The van der Waals surface area contributed by atoms with E-state index in [4.69, 9.17) is 4.74 Å². The average Bonchev–Trinajstić information content (AvgIpc) is 2.90. The van der Waals surface area contributed by atoms with Gasteiger partial charge in [-0.3, -0.25) is 5.10 Å². The number of aromatic amines is 1. The van der Waals surface area contributed by atoms with Gasteiger partial charge in [-0.1, -0.05) is 0 Å². The minimum Gasteiger partial charge on any atom is -0.376 e. The van der Waals surface area contributed by atoms with E-state index in [0.29, 0.717) is 18.9 Å². The zero-order chi connectivity index (χ0) is 12.8. The molecule has 1 aliphatic heterocycles. The zero-order valence-electron chi connectivity index (χ0n) is 10.6. The Balaban J connectivity index is 1.70. The number of nitrogens with zero attached hydrogens (tertiary/aromatic N) is 3. The molecule has 0 aromatic carbocycles. The van der Waals surface area contributed by atoms with Crippen LogP contribution >= 0.6 is 0 Å². The van der Waals surface area contributed by atoms with Crippen LogP contribution in [0.15, 0.2) is 6.33 Å². The molecule has 1 aromatic heterocycles. The van der Waals surface area contributed by atoms with Crippen molar-refractivity contribution in [3.8, 4) is 0 Å². The summed E-state index contributed by atoms with van der Waals surface area (Å²) in [5.74, 6) is 0.644. The molecule has 2 amide bonds. The lowest BCUT2D eigenvalue weighted by molar-refractivity contribution is 0.00384. The minimum absolute atomic E-state index is 0.124. The van der Waals surface area contributed by atoms with Gasteiger partial charge in [0.25, 0.3) is 0 Å². The van der Waals surface area contributed by atoms with Gasteiger partial charge in [0.2, 0.25) is 0 Å². The van der Waals surface area contributed by atoms with Crippen molar-refractivity contribution in [1.29, 1.82) is 0 Å². The molecule has 0 saturated carbocycles. The maximum atomic E-state index is 11.8. The van der Waals surface area contributed by atoms with E-state index in [2.05, 4.69) is 20.5 Å². The summed E-state index contributed by atoms with van der Waals surface area (Å²) in [5, 5.41) is 9.18. The van der Waals surface area contributed by atoms with Crippen molar-refractivity contribution >= 4 is 6.03 Å². The lowest BCUT2D eigenvalue weighted by atomic mass is 10.1. The maximum Gasteiger partial charge on any atom is 0.317 e. The van der Waals surface area contributed by atoms with Gasteiger partial charge in [-0.15, -0.1) is 0 Å². The number of carbonyl (C=O) groups is 1. The predicted octanol–water partition coefficient (Wildman–Crippen LogP) is 0.515. The molecule has 0 spiro atoms. The van der Waals surface area contributed by atoms with Crippen LogP contribution in [0, 0.1) is 0 Å². The molecule has 18 heavy (non-hydrogen) atoms. The molecule has 2 N–H and O–H groups in total. The van der Waals surface area contributed by atoms with E-state index >= 15 is 0 Å². The predicted molar refractivity (Wildman–Crippen MR) is 64.8 cm³/mol. The molecule has 100 valence electrons. The van der Waals surface area contributed by atoms with Crippen LogP contribution in [0.25, 0.3) is 0 Å². The molecular weight excluding hydrogens is 234 g/mol. The monoisotopic (exact) mass is 253 g/mol. The van der Waals surface area contributed by atoms with Crippen LogP contribution in [0.3, 0.4) is 0 Å². The minimum atomic E-state index is -0.124. The normalized spacial score (nSPS) is 19.5. The fraction of sp³-hybridized carbons (Fsp3) is 0.727. The third kappa shape index (κ3) is 3.69. The molecular formula is C11H19N5O2. The number of likely N-dealkylation sites (N-methyl/N-ethyl adjacent to an activating group) is 1. The Hall–Kier alpha value is -1.63. The highest BCUT2D eigenvalue weighted by Gasteiger charge is 2.18. The largest absolute Gasteiger partial charge is 0.376 e. The number of hydrogen-bond donors (Lipinski definition) is 2. The molecule has 7 heteroatoms. The van der Waals surface area contributed by atoms with Gasteiger partial charge in [0, 0.05) is 20.2 Å². The van der Waals surface area contributed by atoms with Crippen LogP contribution in [-0.2, 0) is 11.3 Å². The molecule has 0 aliphatic carbocycles. The number of hydrogen-bond acceptors (Lipinski definition) is 4. The maximum absolute atomic E-state index is 11.8. The number of rotatable bonds is 4. The van der Waals surface area contributed by atoms with E-state index in [1.165, 1.54) is 12.7 Å². The Labute approximate surface area is 106 Å². The fourth-order valence-electron chi connectivity index (χ4n) is 1.95. The number of carbonyl (C=O) groups excluding carboxylic acids is 1. The van der Waals surface area contributed by atoms with Crippen molar-refractivity contribution < 1.29 is 9.53 Å². The Bertz CT molecular complexity index is 362. The molecule has 1 aromatic rings. The smallest absolute Gasteiger partial charge is 0.317 e. The van der Waals surface area contributed by atoms with Crippen LogP contribution in [-0.4, -0.2) is 52.4 Å². The summed E-state index contributed by atoms with van der Waals surface area (Å²) in [5.41, 5.74) is 0. The topological polar surface area (TPSA) is 83.1 Å². The number of amides is 2. The number of H-pyrrole nitrogens is 1. The summed E-state index contributed by atoms with van der Waals surface area (Å²) in [6, 6.07) is -0.124. The number of ether oxygens (including phenoxy) is 1. The van der Waals surface area contributed by atoms with Crippen molar-refractivity contribution in [3.63, 3.8) is 0 Å². The summed E-state index contributed by atoms with van der Waals surface area (Å²) < 4.78 is 5.60. The second-order valence-electron chi connectivity index (χ2n) is 4.46. The van der Waals surface area contributed by atoms with Crippen LogP contribution in [0.2, 0.25) is 0 Å². The SMILES string of the molecule is CN(CC1CCCCO1)C(=O)NCc1ncn[nH]1. The quantitative estimate of drug-likeness (QED) is 0.819. The van der Waals surface area contributed by atoms with Gasteiger partial charge in [-0.2, -0.15) is 5.10 Å². The van der Waals surface area contributed by atoms with Crippen molar-refractivity contribution in [3.05, 3.63) is 12.2 Å². The molecule has 1 unspecified atom stereocenters. The first-order chi connectivity index (χ1) is 8.75. The average molecular weight is 253 g/mol. The van der Waals surface area contributed by atoms with Crippen LogP contribution in [0.5, 0.6) is 0 Å². The summed E-state index contributed by atoms with van der Waals surface area (Å²) in [6.07, 6.45) is 4.91. The van der Waals surface area contributed by atoms with Gasteiger partial charge < -0.3 is 15.0 Å². The fourth-order valence-corrected chi connectivity index (χ4v) is 1.95. The van der Waals surface area contributed by atoms with E-state index in [0.717, 1.165) is 19.4 Å². The van der Waals surface area contributed by atoms with E-state index in [1.807, 2.05) is 0 Å². The van der Waals surface area contributed by atoms with E-state index in [-0.39, 0.29) is 12.1 Å². The van der Waals surface area contributed by atoms with Crippen molar-refractivity contribution in [2.24, 2.45) is 0 Å². The molecule has 1 fully saturated rings. The first-order valence-electron chi connectivity index (χ1n) is 6.20. The molecule has 1 atom stereocenters. The van der Waals surface area contributed by atoms with E-state index in [9.17, 15) is 4.79 Å². The van der Waals surface area contributed by atoms with Gasteiger partial charge in [-0.25, -0.2) is 9.78 Å². The molecule has 1 saturated heterocycles. The second kappa shape index (κ2) is 6.34. The molecule has 0 radical (unpaired) electrons. The third-order valence-electron chi connectivity index (χ3n) is 2.97. The van der Waals surface area contributed by atoms with Crippen molar-refractivity contribution in [2.45, 2.75) is 31.9 Å². The highest BCUT2D eigenvalue weighted by atomic mass is 16.5. The summed E-state index contributed by atoms with van der Waals surface area (Å²) in [6.45, 7) is 1.79. The lowest BCUT2D eigenvalue weighted by Crippen LogP contribution is -2.42. The highest BCUT2D eigenvalue weighted by Crippen LogP contribution is 2.13. The van der Waals surface area contributed by atoms with Crippen LogP contribution < -0.4 is 5.32 Å². The van der Waals surface area contributed by atoms with Crippen molar-refractivity contribution in [1.82, 2.24) is 25.4 Å². The highest BCUT2D eigenvalue weighted by molar-refractivity contribution is 5.73. The van der Waals surface area contributed by atoms with E-state index < -0.39 is 0 Å². The van der Waals surface area contributed by atoms with Gasteiger partial charge in [-0.05, 0) is 19.3 Å². The van der Waals surface area contributed by atoms with Gasteiger partial charge in [0.1, 0.15) is 12.2 Å². The summed E-state index contributed by atoms with van der Waals surface area (Å²) >= 11 is 0. The molecule has 1 aliphatic rings. The first kappa shape index (κ1) is 12.8. The molecule has 7 nitrogen and oxygen atoms in total. The van der Waals surface area contributed by atoms with Crippen LogP contribution in [0.1, 0.15) is 25.1 Å². The summed E-state index contributed by atoms with van der Waals surface area (Å²) in [7, 11) is 1.77. The van der Waals surface area contributed by atoms with E-state index in [1.54, 1.807) is 11.9 Å². The van der Waals surface area contributed by atoms with Crippen molar-refractivity contribution in [2.75, 3.05) is 20.2 Å². The second-order valence-corrected chi connectivity index (χ2v) is 4.46. The number of urea groups is 1. The Morgan fingerprint density at radius 2 is 2.56 bits per heavy atom. The summed E-state index contributed by atoms with van der Waals surface area (Å²) in [4.78, 5) is 17.4. The number of aromatic nitrogens is 3. The first-order valence-corrected chi connectivity index (χ1v) is 6.20. The van der Waals surface area contributed by atoms with Crippen LogP contribution in [0.4, 0.5) is 4.79 Å². The lowest BCUT2D eigenvalue weighted by Gasteiger charge is -2.27. The Kier molecular flexibility index (Phi) is 4.52. The molecule has 0 bridgehead atoms. The standard InChI is InChI=1S/C11H19N5O2/c1-16(7-9-4-2-3-5-18-9)11(17)12-6-10-13-8-14-15-10/h8-9H,2-7H2,1H3,(H,12,17)(H,13,14,15). The number of nitrogens with one attached hydrogen (secondary N) is 2. The van der Waals surface area contributed by atoms with Gasteiger partial charge in [0.05, 0.1) is 12.6 Å². The molecule has 2 rings (SSSR count). The third-order valence-corrected chi connectivity index (χ3v) is 2.97. The molecule has 2 heterocycles. The Morgan fingerprint density at radius 1 is 1.67 bits per heavy atom.